The second-order valence-corrected chi connectivity index (χ2v) is 8.10. The Kier molecular flexibility index (Phi) is 7.58. The summed E-state index contributed by atoms with van der Waals surface area (Å²) < 4.78 is 21.8. The molecule has 1 N–H and O–H groups in total. The van der Waals surface area contributed by atoms with Gasteiger partial charge < -0.3 is 14.6 Å². The zero-order valence-corrected chi connectivity index (χ0v) is 18.9. The van der Waals surface area contributed by atoms with Crippen molar-refractivity contribution in [3.63, 3.8) is 0 Å². The minimum absolute atomic E-state index is 0.0606. The van der Waals surface area contributed by atoms with Crippen molar-refractivity contribution in [3.05, 3.63) is 95.0 Å². The van der Waals surface area contributed by atoms with Gasteiger partial charge in [0.05, 0.1) is 23.2 Å². The summed E-state index contributed by atoms with van der Waals surface area (Å²) in [7, 11) is 0. The topological polar surface area (TPSA) is 56.2 Å². The quantitative estimate of drug-likeness (QED) is 0.307. The molecule has 0 fully saturated rings. The van der Waals surface area contributed by atoms with Crippen LogP contribution in [0.15, 0.2) is 72.8 Å². The van der Waals surface area contributed by atoms with E-state index in [-0.39, 0.29) is 5.56 Å². The molecule has 0 aliphatic rings. The van der Waals surface area contributed by atoms with Gasteiger partial charge in [-0.15, -0.1) is 0 Å². The van der Waals surface area contributed by atoms with E-state index in [2.05, 4.69) is 16.0 Å². The molecule has 0 bridgehead atoms. The Labute approximate surface area is 197 Å². The van der Waals surface area contributed by atoms with Crippen LogP contribution in [0, 0.1) is 5.82 Å². The first-order chi connectivity index (χ1) is 16.1. The molecule has 5 nitrogen and oxygen atoms in total. The van der Waals surface area contributed by atoms with Crippen LogP contribution in [-0.4, -0.2) is 28.6 Å². The predicted molar refractivity (Wildman–Crippen MR) is 128 cm³/mol. The lowest BCUT2D eigenvalue weighted by Gasteiger charge is -2.11. The van der Waals surface area contributed by atoms with Gasteiger partial charge in [0.15, 0.2) is 0 Å². The first-order valence-electron chi connectivity index (χ1n) is 11.0. The van der Waals surface area contributed by atoms with Crippen LogP contribution < -0.4 is 10.1 Å². The van der Waals surface area contributed by atoms with Crippen LogP contribution in [0.4, 0.5) is 4.39 Å². The predicted octanol–water partition coefficient (Wildman–Crippen LogP) is 5.66. The van der Waals surface area contributed by atoms with Gasteiger partial charge in [-0.3, -0.25) is 4.79 Å². The molecule has 0 saturated carbocycles. The number of fused-ring (bicyclic) bond motifs is 1. The van der Waals surface area contributed by atoms with Crippen LogP contribution in [-0.2, 0) is 13.0 Å². The minimum atomic E-state index is -0.516. The van der Waals surface area contributed by atoms with Crippen molar-refractivity contribution in [1.82, 2.24) is 14.9 Å². The van der Waals surface area contributed by atoms with Crippen molar-refractivity contribution in [3.8, 4) is 5.75 Å². The Morgan fingerprint density at radius 1 is 1.00 bits per heavy atom. The Morgan fingerprint density at radius 2 is 1.76 bits per heavy atom. The van der Waals surface area contributed by atoms with Crippen molar-refractivity contribution in [1.29, 1.82) is 0 Å². The third-order valence-corrected chi connectivity index (χ3v) is 5.58. The number of aryl methyl sites for hydroxylation is 2. The van der Waals surface area contributed by atoms with E-state index >= 15 is 0 Å². The number of benzene rings is 3. The van der Waals surface area contributed by atoms with Gasteiger partial charge in [-0.2, -0.15) is 0 Å². The molecule has 0 atom stereocenters. The summed E-state index contributed by atoms with van der Waals surface area (Å²) in [6, 6.07) is 21.4. The van der Waals surface area contributed by atoms with Gasteiger partial charge in [-0.25, -0.2) is 9.37 Å². The van der Waals surface area contributed by atoms with Crippen LogP contribution in [0.25, 0.3) is 11.0 Å². The van der Waals surface area contributed by atoms with Crippen LogP contribution in [0.5, 0.6) is 5.75 Å². The number of rotatable bonds is 10. The highest BCUT2D eigenvalue weighted by Crippen LogP contribution is 2.19. The molecule has 0 radical (unpaired) electrons. The number of nitrogens with zero attached hydrogens (tertiary/aromatic N) is 2. The van der Waals surface area contributed by atoms with E-state index in [1.54, 1.807) is 12.1 Å². The van der Waals surface area contributed by atoms with Crippen LogP contribution in [0.2, 0.25) is 5.02 Å². The van der Waals surface area contributed by atoms with E-state index in [1.165, 1.54) is 12.1 Å². The van der Waals surface area contributed by atoms with Crippen molar-refractivity contribution in [2.45, 2.75) is 25.8 Å². The van der Waals surface area contributed by atoms with Crippen molar-refractivity contribution in [2.24, 2.45) is 0 Å². The highest BCUT2D eigenvalue weighted by atomic mass is 35.5. The van der Waals surface area contributed by atoms with Gasteiger partial charge in [0.25, 0.3) is 5.91 Å². The summed E-state index contributed by atoms with van der Waals surface area (Å²) in [6.07, 6.45) is 2.22. The van der Waals surface area contributed by atoms with Crippen molar-refractivity contribution >= 4 is 28.5 Å². The molecule has 1 aromatic heterocycles. The van der Waals surface area contributed by atoms with Gasteiger partial charge in [0.1, 0.15) is 17.4 Å². The van der Waals surface area contributed by atoms with Gasteiger partial charge in [0, 0.05) is 24.5 Å². The summed E-state index contributed by atoms with van der Waals surface area (Å²) in [5, 5.41) is 3.47. The number of amides is 1. The molecule has 3 aromatic carbocycles. The van der Waals surface area contributed by atoms with Gasteiger partial charge in [-0.1, -0.05) is 35.9 Å². The van der Waals surface area contributed by atoms with Crippen LogP contribution >= 0.6 is 11.6 Å². The maximum atomic E-state index is 13.8. The highest BCUT2D eigenvalue weighted by molar-refractivity contribution is 6.30. The number of halogens is 2. The monoisotopic (exact) mass is 465 g/mol. The number of hydrogen-bond donors (Lipinski definition) is 1. The van der Waals surface area contributed by atoms with Gasteiger partial charge in [0.2, 0.25) is 0 Å². The second-order valence-electron chi connectivity index (χ2n) is 7.66. The smallest absolute Gasteiger partial charge is 0.254 e. The van der Waals surface area contributed by atoms with E-state index in [0.717, 1.165) is 35.6 Å². The molecular weight excluding hydrogens is 441 g/mol. The standard InChI is InChI=1S/C26H25ClFN3O2/c27-19-12-14-20(15-13-19)33-18-6-17-31-24-10-4-3-9-23(24)30-25(31)11-5-16-29-26(32)21-7-1-2-8-22(21)28/h1-4,7-10,12-15H,5-6,11,16-18H2,(H,29,32). The van der Waals surface area contributed by atoms with E-state index in [4.69, 9.17) is 21.3 Å². The zero-order chi connectivity index (χ0) is 23.0. The molecular formula is C26H25ClFN3O2. The number of para-hydroxylation sites is 2. The Morgan fingerprint density at radius 3 is 2.58 bits per heavy atom. The SMILES string of the molecule is O=C(NCCCc1nc2ccccc2n1CCCOc1ccc(Cl)cc1)c1ccccc1F. The van der Waals surface area contributed by atoms with Gasteiger partial charge in [-0.05, 0) is 61.4 Å². The number of imidazole rings is 1. The maximum absolute atomic E-state index is 13.8. The molecule has 1 amide bonds. The first-order valence-corrected chi connectivity index (χ1v) is 11.3. The highest BCUT2D eigenvalue weighted by Gasteiger charge is 2.12. The third kappa shape index (κ3) is 5.90. The molecule has 0 saturated heterocycles. The molecule has 170 valence electrons. The summed E-state index contributed by atoms with van der Waals surface area (Å²) >= 11 is 5.92. The van der Waals surface area contributed by atoms with E-state index < -0.39 is 11.7 Å². The minimum Gasteiger partial charge on any atom is -0.494 e. The number of aromatic nitrogens is 2. The first kappa shape index (κ1) is 22.8. The lowest BCUT2D eigenvalue weighted by Crippen LogP contribution is -2.25. The fourth-order valence-electron chi connectivity index (χ4n) is 3.70. The fourth-order valence-corrected chi connectivity index (χ4v) is 3.82. The second kappa shape index (κ2) is 11.0. The molecule has 0 aliphatic carbocycles. The number of hydrogen-bond acceptors (Lipinski definition) is 3. The normalized spacial score (nSPS) is 11.0. The van der Waals surface area contributed by atoms with Gasteiger partial charge >= 0.3 is 0 Å². The number of carbonyl (C=O) groups excluding carboxylic acids is 1. The maximum Gasteiger partial charge on any atom is 0.254 e. The summed E-state index contributed by atoms with van der Waals surface area (Å²) in [4.78, 5) is 17.0. The lowest BCUT2D eigenvalue weighted by atomic mass is 10.2. The lowest BCUT2D eigenvalue weighted by molar-refractivity contribution is 0.0949. The van der Waals surface area contributed by atoms with E-state index in [0.29, 0.717) is 31.0 Å². The average Bonchev–Trinajstić information content (AvgIpc) is 3.18. The molecule has 33 heavy (non-hydrogen) atoms. The van der Waals surface area contributed by atoms with E-state index in [9.17, 15) is 9.18 Å². The molecule has 0 unspecified atom stereocenters. The molecule has 0 spiro atoms. The molecule has 1 heterocycles. The van der Waals surface area contributed by atoms with Crippen LogP contribution in [0.3, 0.4) is 0 Å². The van der Waals surface area contributed by atoms with Crippen molar-refractivity contribution < 1.29 is 13.9 Å². The Balaban J connectivity index is 1.33. The van der Waals surface area contributed by atoms with Crippen LogP contribution in [0.1, 0.15) is 29.0 Å². The number of ether oxygens (including phenoxy) is 1. The third-order valence-electron chi connectivity index (χ3n) is 5.32. The number of carbonyl (C=O) groups is 1. The largest absolute Gasteiger partial charge is 0.494 e. The fraction of sp³-hybridized carbons (Fsp3) is 0.231. The Hall–Kier alpha value is -3.38. The van der Waals surface area contributed by atoms with Crippen molar-refractivity contribution in [2.75, 3.05) is 13.2 Å². The molecule has 0 aliphatic heterocycles. The van der Waals surface area contributed by atoms with E-state index in [1.807, 2.05) is 42.5 Å². The summed E-state index contributed by atoms with van der Waals surface area (Å²) in [5.74, 6) is 0.835. The summed E-state index contributed by atoms with van der Waals surface area (Å²) in [6.45, 7) is 1.79. The Bertz CT molecular complexity index is 1220. The number of nitrogens with one attached hydrogen (secondary N) is 1. The average molecular weight is 466 g/mol. The molecule has 4 rings (SSSR count). The zero-order valence-electron chi connectivity index (χ0n) is 18.1. The molecule has 4 aromatic rings. The molecule has 7 heteroatoms. The summed E-state index contributed by atoms with van der Waals surface area (Å²) in [5.41, 5.74) is 2.08.